The zero-order valence-electron chi connectivity index (χ0n) is 15.6. The van der Waals surface area contributed by atoms with E-state index in [0.717, 1.165) is 36.1 Å². The number of nitrogens with zero attached hydrogens (tertiary/aromatic N) is 1. The molecule has 0 bridgehead atoms. The predicted molar refractivity (Wildman–Crippen MR) is 107 cm³/mol. The first-order valence-electron chi connectivity index (χ1n) is 9.15. The number of anilines is 1. The molecule has 8 heteroatoms. The molecule has 0 unspecified atom stereocenters. The highest BCUT2D eigenvalue weighted by molar-refractivity contribution is 7.17. The first-order valence-corrected chi connectivity index (χ1v) is 9.96. The SMILES string of the molecule is CCOC(=O)c1c(NC(=O)CO/N=C/c2ccccc2O)sc2c1CCCC2. The fourth-order valence-electron chi connectivity index (χ4n) is 3.02. The number of oxime groups is 1. The van der Waals surface area contributed by atoms with Crippen LogP contribution in [0.5, 0.6) is 5.75 Å². The number of phenolic OH excluding ortho intramolecular Hbond substituents is 1. The van der Waals surface area contributed by atoms with Crippen molar-refractivity contribution >= 4 is 34.4 Å². The third-order valence-electron chi connectivity index (χ3n) is 4.30. The van der Waals surface area contributed by atoms with Gasteiger partial charge in [-0.1, -0.05) is 17.3 Å². The molecule has 1 amide bonds. The van der Waals surface area contributed by atoms with E-state index in [4.69, 9.17) is 9.57 Å². The van der Waals surface area contributed by atoms with Gasteiger partial charge in [0.1, 0.15) is 10.8 Å². The molecular formula is C20H22N2O5S. The van der Waals surface area contributed by atoms with Gasteiger partial charge in [-0.05, 0) is 50.3 Å². The fourth-order valence-corrected chi connectivity index (χ4v) is 4.32. The Morgan fingerprint density at radius 2 is 2.07 bits per heavy atom. The lowest BCUT2D eigenvalue weighted by molar-refractivity contribution is -0.120. The van der Waals surface area contributed by atoms with E-state index in [1.807, 2.05) is 0 Å². The van der Waals surface area contributed by atoms with Gasteiger partial charge < -0.3 is 20.0 Å². The van der Waals surface area contributed by atoms with E-state index in [1.165, 1.54) is 23.6 Å². The molecule has 2 aromatic rings. The maximum absolute atomic E-state index is 12.4. The van der Waals surface area contributed by atoms with Crippen molar-refractivity contribution in [3.8, 4) is 5.75 Å². The maximum Gasteiger partial charge on any atom is 0.341 e. The van der Waals surface area contributed by atoms with Crippen LogP contribution < -0.4 is 5.32 Å². The number of phenols is 1. The topological polar surface area (TPSA) is 97.2 Å². The molecular weight excluding hydrogens is 380 g/mol. The van der Waals surface area contributed by atoms with Crippen molar-refractivity contribution in [2.45, 2.75) is 32.6 Å². The largest absolute Gasteiger partial charge is 0.507 e. The van der Waals surface area contributed by atoms with Crippen molar-refractivity contribution in [2.24, 2.45) is 5.16 Å². The number of thiophene rings is 1. The van der Waals surface area contributed by atoms with Gasteiger partial charge in [0, 0.05) is 10.4 Å². The van der Waals surface area contributed by atoms with Crippen LogP contribution in [-0.2, 0) is 27.2 Å². The summed E-state index contributed by atoms with van der Waals surface area (Å²) in [6, 6.07) is 6.65. The molecule has 1 aliphatic carbocycles. The number of aryl methyl sites for hydroxylation is 1. The van der Waals surface area contributed by atoms with E-state index in [0.29, 0.717) is 16.1 Å². The number of ether oxygens (including phenoxy) is 1. The van der Waals surface area contributed by atoms with Crippen LogP contribution >= 0.6 is 11.3 Å². The zero-order valence-corrected chi connectivity index (χ0v) is 16.4. The van der Waals surface area contributed by atoms with Crippen LogP contribution in [0.15, 0.2) is 29.4 Å². The Balaban J connectivity index is 1.64. The van der Waals surface area contributed by atoms with Crippen LogP contribution in [0.1, 0.15) is 46.1 Å². The average Bonchev–Trinajstić information content (AvgIpc) is 3.04. The quantitative estimate of drug-likeness (QED) is 0.420. The molecule has 1 aliphatic rings. The van der Waals surface area contributed by atoms with Gasteiger partial charge in [-0.15, -0.1) is 11.3 Å². The molecule has 28 heavy (non-hydrogen) atoms. The molecule has 0 atom stereocenters. The number of fused-ring (bicyclic) bond motifs is 1. The number of aromatic hydroxyl groups is 1. The van der Waals surface area contributed by atoms with Gasteiger partial charge in [0.25, 0.3) is 5.91 Å². The molecule has 0 saturated heterocycles. The van der Waals surface area contributed by atoms with Crippen LogP contribution in [0.4, 0.5) is 5.00 Å². The van der Waals surface area contributed by atoms with Crippen LogP contribution in [-0.4, -0.2) is 36.4 Å². The molecule has 0 spiro atoms. The number of hydrogen-bond acceptors (Lipinski definition) is 7. The molecule has 0 aliphatic heterocycles. The Morgan fingerprint density at radius 3 is 2.86 bits per heavy atom. The number of amides is 1. The summed E-state index contributed by atoms with van der Waals surface area (Å²) in [6.07, 6.45) is 5.15. The van der Waals surface area contributed by atoms with Crippen LogP contribution in [0.2, 0.25) is 0 Å². The number of hydrogen-bond donors (Lipinski definition) is 2. The van der Waals surface area contributed by atoms with Gasteiger partial charge >= 0.3 is 5.97 Å². The summed E-state index contributed by atoms with van der Waals surface area (Å²) in [7, 11) is 0. The van der Waals surface area contributed by atoms with Crippen molar-refractivity contribution in [3.63, 3.8) is 0 Å². The minimum absolute atomic E-state index is 0.0718. The molecule has 1 aromatic heterocycles. The average molecular weight is 402 g/mol. The van der Waals surface area contributed by atoms with Crippen molar-refractivity contribution in [1.29, 1.82) is 0 Å². The number of rotatable bonds is 7. The van der Waals surface area contributed by atoms with Gasteiger partial charge in [0.15, 0.2) is 6.61 Å². The van der Waals surface area contributed by atoms with Crippen molar-refractivity contribution in [1.82, 2.24) is 0 Å². The van der Waals surface area contributed by atoms with Crippen LogP contribution in [0, 0.1) is 0 Å². The first kappa shape index (κ1) is 19.9. The normalized spacial score (nSPS) is 13.2. The lowest BCUT2D eigenvalue weighted by atomic mass is 9.95. The highest BCUT2D eigenvalue weighted by Crippen LogP contribution is 2.38. The molecule has 1 heterocycles. The summed E-state index contributed by atoms with van der Waals surface area (Å²) in [4.78, 5) is 30.8. The highest BCUT2D eigenvalue weighted by Gasteiger charge is 2.27. The van der Waals surface area contributed by atoms with Gasteiger partial charge in [-0.25, -0.2) is 4.79 Å². The lowest BCUT2D eigenvalue weighted by Crippen LogP contribution is -2.19. The van der Waals surface area contributed by atoms with Crippen molar-refractivity contribution in [2.75, 3.05) is 18.5 Å². The molecule has 0 fully saturated rings. The molecule has 0 radical (unpaired) electrons. The van der Waals surface area contributed by atoms with Gasteiger partial charge in [0.05, 0.1) is 18.4 Å². The predicted octanol–water partition coefficient (Wildman–Crippen LogP) is 3.50. The molecule has 7 nitrogen and oxygen atoms in total. The highest BCUT2D eigenvalue weighted by atomic mass is 32.1. The summed E-state index contributed by atoms with van der Waals surface area (Å²) < 4.78 is 5.17. The van der Waals surface area contributed by atoms with E-state index in [-0.39, 0.29) is 19.0 Å². The molecule has 2 N–H and O–H groups in total. The second kappa shape index (κ2) is 9.36. The molecule has 1 aromatic carbocycles. The fraction of sp³-hybridized carbons (Fsp3) is 0.350. The number of nitrogens with one attached hydrogen (secondary N) is 1. The van der Waals surface area contributed by atoms with Crippen molar-refractivity contribution < 1.29 is 24.3 Å². The summed E-state index contributed by atoms with van der Waals surface area (Å²) in [6.45, 7) is 1.72. The third-order valence-corrected chi connectivity index (χ3v) is 5.51. The van der Waals surface area contributed by atoms with Gasteiger partial charge in [-0.3, -0.25) is 4.79 Å². The Hall–Kier alpha value is -2.87. The second-order valence-corrected chi connectivity index (χ2v) is 7.36. The molecule has 3 rings (SSSR count). The van der Waals surface area contributed by atoms with Crippen molar-refractivity contribution in [3.05, 3.63) is 45.8 Å². The van der Waals surface area contributed by atoms with Gasteiger partial charge in [0.2, 0.25) is 0 Å². The molecule has 148 valence electrons. The number of carbonyl (C=O) groups excluding carboxylic acids is 2. The molecule has 0 saturated carbocycles. The number of para-hydroxylation sites is 1. The Kier molecular flexibility index (Phi) is 6.65. The summed E-state index contributed by atoms with van der Waals surface area (Å²) in [5.41, 5.74) is 1.94. The summed E-state index contributed by atoms with van der Waals surface area (Å²) in [5.74, 6) is -0.753. The second-order valence-electron chi connectivity index (χ2n) is 6.25. The monoisotopic (exact) mass is 402 g/mol. The number of carbonyl (C=O) groups is 2. The Morgan fingerprint density at radius 1 is 1.29 bits per heavy atom. The smallest absolute Gasteiger partial charge is 0.341 e. The Labute approximate surface area is 167 Å². The van der Waals surface area contributed by atoms with E-state index in [1.54, 1.807) is 25.1 Å². The summed E-state index contributed by atoms with van der Waals surface area (Å²) >= 11 is 1.42. The van der Waals surface area contributed by atoms with E-state index in [9.17, 15) is 14.7 Å². The minimum Gasteiger partial charge on any atom is -0.507 e. The standard InChI is InChI=1S/C20H22N2O5S/c1-2-26-20(25)18-14-8-4-6-10-16(14)28-19(18)22-17(24)12-27-21-11-13-7-3-5-9-15(13)23/h3,5,7,9,11,23H,2,4,6,8,10,12H2,1H3,(H,22,24)/b21-11+. The Bertz CT molecular complexity index is 891. The first-order chi connectivity index (χ1) is 13.6. The summed E-state index contributed by atoms with van der Waals surface area (Å²) in [5, 5.41) is 16.6. The van der Waals surface area contributed by atoms with Crippen LogP contribution in [0.3, 0.4) is 0 Å². The zero-order chi connectivity index (χ0) is 19.9. The van der Waals surface area contributed by atoms with Crippen LogP contribution in [0.25, 0.3) is 0 Å². The number of esters is 1. The maximum atomic E-state index is 12.4. The lowest BCUT2D eigenvalue weighted by Gasteiger charge is -2.12. The third kappa shape index (κ3) is 4.69. The number of benzene rings is 1. The van der Waals surface area contributed by atoms with Gasteiger partial charge in [-0.2, -0.15) is 0 Å². The van der Waals surface area contributed by atoms with E-state index >= 15 is 0 Å². The minimum atomic E-state index is -0.418. The van der Waals surface area contributed by atoms with E-state index in [2.05, 4.69) is 10.5 Å². The van der Waals surface area contributed by atoms with E-state index < -0.39 is 11.9 Å².